The molecule has 0 saturated heterocycles. The summed E-state index contributed by atoms with van der Waals surface area (Å²) in [6.07, 6.45) is 0. The molecule has 0 fully saturated rings. The third-order valence-corrected chi connectivity index (χ3v) is 2.41. The van der Waals surface area contributed by atoms with Gasteiger partial charge in [-0.15, -0.1) is 0 Å². The summed E-state index contributed by atoms with van der Waals surface area (Å²) in [5.41, 5.74) is 0.315. The van der Waals surface area contributed by atoms with Gasteiger partial charge >= 0.3 is 18.0 Å². The molecule has 0 aliphatic rings. The highest BCUT2D eigenvalue weighted by atomic mass is 35.5. The second-order valence-electron chi connectivity index (χ2n) is 3.54. The van der Waals surface area contributed by atoms with Gasteiger partial charge in [0.2, 0.25) is 0 Å². The number of hydrogen-bond donors (Lipinski definition) is 2. The predicted molar refractivity (Wildman–Crippen MR) is 67.0 cm³/mol. The van der Waals surface area contributed by atoms with E-state index < -0.39 is 31.1 Å². The van der Waals surface area contributed by atoms with E-state index in [9.17, 15) is 14.4 Å². The molecule has 1 aromatic rings. The largest absolute Gasteiger partial charge is 0.480 e. The van der Waals surface area contributed by atoms with Crippen LogP contribution in [0.3, 0.4) is 0 Å². The summed E-state index contributed by atoms with van der Waals surface area (Å²) in [6, 6.07) is 7.13. The molecule has 0 aliphatic carbocycles. The lowest BCUT2D eigenvalue weighted by Crippen LogP contribution is -2.44. The summed E-state index contributed by atoms with van der Waals surface area (Å²) in [7, 11) is 0. The Morgan fingerprint density at radius 1 is 1.00 bits per heavy atom. The van der Waals surface area contributed by atoms with Gasteiger partial charge in [0.15, 0.2) is 0 Å². The van der Waals surface area contributed by atoms with Gasteiger partial charge in [0, 0.05) is 11.8 Å². The van der Waals surface area contributed by atoms with E-state index in [-0.39, 0.29) is 0 Å². The van der Waals surface area contributed by atoms with Crippen LogP contribution in [0.2, 0.25) is 0 Å². The van der Waals surface area contributed by atoms with Gasteiger partial charge in [-0.2, -0.15) is 0 Å². The molecule has 19 heavy (non-hydrogen) atoms. The molecule has 8 heteroatoms. The number of anilines is 1. The maximum absolute atomic E-state index is 11.9. The molecular formula is C11H11ClN2O5. The number of amides is 2. The lowest BCUT2D eigenvalue weighted by atomic mass is 10.3. The van der Waals surface area contributed by atoms with Gasteiger partial charge in [0.05, 0.1) is 5.69 Å². The van der Waals surface area contributed by atoms with Gasteiger partial charge in [-0.1, -0.05) is 18.2 Å². The van der Waals surface area contributed by atoms with E-state index in [0.717, 1.165) is 0 Å². The lowest BCUT2D eigenvalue weighted by molar-refractivity contribution is -0.140. The fourth-order valence-electron chi connectivity index (χ4n) is 1.31. The van der Waals surface area contributed by atoms with Crippen LogP contribution in [0.1, 0.15) is 0 Å². The molecule has 0 aliphatic heterocycles. The van der Waals surface area contributed by atoms with E-state index in [1.54, 1.807) is 18.2 Å². The van der Waals surface area contributed by atoms with Crippen molar-refractivity contribution in [3.8, 4) is 0 Å². The Kier molecular flexibility index (Phi) is 5.13. The van der Waals surface area contributed by atoms with Crippen LogP contribution in [-0.2, 0) is 9.59 Å². The van der Waals surface area contributed by atoms with Crippen molar-refractivity contribution in [2.24, 2.45) is 0 Å². The first kappa shape index (κ1) is 14.8. The minimum atomic E-state index is -1.33. The maximum Gasteiger partial charge on any atom is 0.340 e. The Bertz CT molecular complexity index is 463. The number of carbonyl (C=O) groups is 3. The summed E-state index contributed by atoms with van der Waals surface area (Å²) in [6.45, 7) is -1.50. The van der Waals surface area contributed by atoms with Crippen LogP contribution >= 0.6 is 11.8 Å². The van der Waals surface area contributed by atoms with Gasteiger partial charge < -0.3 is 15.1 Å². The number of hydrogen-bond acceptors (Lipinski definition) is 3. The Labute approximate surface area is 113 Å². The normalized spacial score (nSPS) is 9.74. The molecule has 0 radical (unpaired) electrons. The number of rotatable bonds is 5. The third kappa shape index (κ3) is 4.47. The number of para-hydroxylation sites is 1. The van der Waals surface area contributed by atoms with Crippen molar-refractivity contribution in [3.63, 3.8) is 0 Å². The smallest absolute Gasteiger partial charge is 0.340 e. The molecular weight excluding hydrogens is 276 g/mol. The molecule has 2 N–H and O–H groups in total. The summed E-state index contributed by atoms with van der Waals surface area (Å²) in [5.74, 6) is -2.65. The van der Waals surface area contributed by atoms with Gasteiger partial charge in [0.1, 0.15) is 13.1 Å². The first-order valence-corrected chi connectivity index (χ1v) is 5.49. The van der Waals surface area contributed by atoms with Crippen molar-refractivity contribution < 1.29 is 24.6 Å². The number of carboxylic acid groups (broad SMARTS) is 2. The van der Waals surface area contributed by atoms with E-state index in [0.29, 0.717) is 15.0 Å². The summed E-state index contributed by atoms with van der Waals surface area (Å²) < 4.78 is 0.673. The number of nitrogens with zero attached hydrogens (tertiary/aromatic N) is 2. The zero-order chi connectivity index (χ0) is 14.4. The van der Waals surface area contributed by atoms with Crippen LogP contribution in [0, 0.1) is 0 Å². The topological polar surface area (TPSA) is 98.1 Å². The van der Waals surface area contributed by atoms with Crippen molar-refractivity contribution in [1.29, 1.82) is 0 Å². The average molecular weight is 287 g/mol. The Morgan fingerprint density at radius 3 is 1.89 bits per heavy atom. The van der Waals surface area contributed by atoms with Gasteiger partial charge in [0.25, 0.3) is 0 Å². The van der Waals surface area contributed by atoms with E-state index in [2.05, 4.69) is 0 Å². The van der Waals surface area contributed by atoms with Crippen LogP contribution in [0.4, 0.5) is 10.5 Å². The van der Waals surface area contributed by atoms with Crippen molar-refractivity contribution in [2.75, 3.05) is 17.5 Å². The van der Waals surface area contributed by atoms with Gasteiger partial charge in [-0.25, -0.2) is 9.21 Å². The second-order valence-corrected chi connectivity index (χ2v) is 3.88. The van der Waals surface area contributed by atoms with Crippen molar-refractivity contribution in [2.45, 2.75) is 0 Å². The maximum atomic E-state index is 11.9. The highest BCUT2D eigenvalue weighted by Crippen LogP contribution is 2.17. The number of halogens is 1. The Balaban J connectivity index is 2.86. The zero-order valence-electron chi connectivity index (χ0n) is 9.69. The molecule has 0 spiro atoms. The van der Waals surface area contributed by atoms with Gasteiger partial charge in [-0.3, -0.25) is 9.59 Å². The minimum Gasteiger partial charge on any atom is -0.480 e. The van der Waals surface area contributed by atoms with Crippen molar-refractivity contribution in [1.82, 2.24) is 4.90 Å². The number of carbonyl (C=O) groups excluding carboxylic acids is 1. The molecule has 0 heterocycles. The Morgan fingerprint density at radius 2 is 1.47 bits per heavy atom. The SMILES string of the molecule is O=C(O)CN(CC(=O)O)C(=O)N(Cl)c1ccccc1. The van der Waals surface area contributed by atoms with Gasteiger partial charge in [-0.05, 0) is 12.1 Å². The van der Waals surface area contributed by atoms with Crippen molar-refractivity contribution >= 4 is 35.4 Å². The van der Waals surface area contributed by atoms with Crippen LogP contribution in [-0.4, -0.2) is 46.2 Å². The average Bonchev–Trinajstić information content (AvgIpc) is 2.36. The van der Waals surface area contributed by atoms with Crippen LogP contribution < -0.4 is 4.42 Å². The third-order valence-electron chi connectivity index (χ3n) is 2.07. The molecule has 7 nitrogen and oxygen atoms in total. The molecule has 0 unspecified atom stereocenters. The molecule has 0 atom stereocenters. The summed E-state index contributed by atoms with van der Waals surface area (Å²) >= 11 is 5.77. The molecule has 0 bridgehead atoms. The first-order valence-electron chi connectivity index (χ1n) is 5.15. The monoisotopic (exact) mass is 286 g/mol. The fraction of sp³-hybridized carbons (Fsp3) is 0.182. The molecule has 1 rings (SSSR count). The highest BCUT2D eigenvalue weighted by molar-refractivity contribution is 6.36. The van der Waals surface area contributed by atoms with Crippen LogP contribution in [0.25, 0.3) is 0 Å². The molecule has 0 aromatic heterocycles. The second kappa shape index (κ2) is 6.60. The highest BCUT2D eigenvalue weighted by Gasteiger charge is 2.25. The molecule has 2 amide bonds. The lowest BCUT2D eigenvalue weighted by Gasteiger charge is -2.23. The first-order chi connectivity index (χ1) is 8.91. The van der Waals surface area contributed by atoms with Crippen molar-refractivity contribution in [3.05, 3.63) is 30.3 Å². The summed E-state index contributed by atoms with van der Waals surface area (Å²) in [4.78, 5) is 33.7. The number of aliphatic carboxylic acids is 2. The van der Waals surface area contributed by atoms with Crippen LogP contribution in [0.5, 0.6) is 0 Å². The molecule has 1 aromatic carbocycles. The number of carboxylic acids is 2. The number of urea groups is 1. The zero-order valence-corrected chi connectivity index (χ0v) is 10.4. The quantitative estimate of drug-likeness (QED) is 0.794. The minimum absolute atomic E-state index is 0.315. The fourth-order valence-corrected chi connectivity index (χ4v) is 1.53. The predicted octanol–water partition coefficient (Wildman–Crippen LogP) is 1.24. The van der Waals surface area contributed by atoms with E-state index in [1.807, 2.05) is 0 Å². The Hall–Kier alpha value is -2.28. The van der Waals surface area contributed by atoms with E-state index in [4.69, 9.17) is 22.0 Å². The van der Waals surface area contributed by atoms with E-state index in [1.165, 1.54) is 12.1 Å². The number of benzene rings is 1. The summed E-state index contributed by atoms with van der Waals surface area (Å²) in [5, 5.41) is 17.3. The standard InChI is InChI=1S/C11H11ClN2O5/c12-14(8-4-2-1-3-5-8)11(19)13(6-9(15)16)7-10(17)18/h1-5H,6-7H2,(H,15,16)(H,17,18). The van der Waals surface area contributed by atoms with E-state index >= 15 is 0 Å². The molecule has 102 valence electrons. The molecule has 0 saturated carbocycles. The van der Waals surface area contributed by atoms with Crippen LogP contribution in [0.15, 0.2) is 30.3 Å².